The van der Waals surface area contributed by atoms with Crippen LogP contribution in [-0.2, 0) is 33.7 Å². The lowest BCUT2D eigenvalue weighted by atomic mass is 9.84. The monoisotopic (exact) mass is 863 g/mol. The summed E-state index contributed by atoms with van der Waals surface area (Å²) in [4.78, 5) is 74.2. The quantitative estimate of drug-likeness (QED) is 0.0669. The SMILES string of the molecule is COC(=O)N[C@H](C(=O)N[C@@H](Cc1ccc(-c2ccccn2)cc1)C[C@H](O)[C@H](Cc1ccccc1)NC(=O)[C@@H](N1CCN(Cc2cccc(C)c2[N+](=O)[O-])C1=O)C(C)(C)C)C(C)(C)C. The highest BCUT2D eigenvalue weighted by atomic mass is 16.6. The van der Waals surface area contributed by atoms with Crippen molar-refractivity contribution in [2.45, 2.75) is 105 Å². The van der Waals surface area contributed by atoms with E-state index in [0.717, 1.165) is 22.4 Å². The maximum Gasteiger partial charge on any atom is 0.407 e. The Morgan fingerprint density at radius 3 is 2.10 bits per heavy atom. The molecule has 0 bridgehead atoms. The minimum Gasteiger partial charge on any atom is -0.453 e. The minimum atomic E-state index is -1.21. The third kappa shape index (κ3) is 12.6. The number of hydrogen-bond acceptors (Lipinski definition) is 9. The molecule has 4 aromatic rings. The van der Waals surface area contributed by atoms with Crippen molar-refractivity contribution < 1.29 is 33.9 Å². The van der Waals surface area contributed by atoms with Crippen molar-refractivity contribution in [1.82, 2.24) is 30.7 Å². The molecule has 5 rings (SSSR count). The van der Waals surface area contributed by atoms with E-state index in [1.165, 1.54) is 16.9 Å². The molecule has 63 heavy (non-hydrogen) atoms. The van der Waals surface area contributed by atoms with Gasteiger partial charge in [-0.25, -0.2) is 9.59 Å². The Labute approximate surface area is 369 Å². The van der Waals surface area contributed by atoms with Crippen LogP contribution in [0.15, 0.2) is 97.2 Å². The van der Waals surface area contributed by atoms with Gasteiger partial charge in [0.15, 0.2) is 0 Å². The lowest BCUT2D eigenvalue weighted by molar-refractivity contribution is -0.386. The maximum absolute atomic E-state index is 14.7. The summed E-state index contributed by atoms with van der Waals surface area (Å²) >= 11 is 0. The number of pyridine rings is 1. The molecule has 1 aliphatic heterocycles. The highest BCUT2D eigenvalue weighted by molar-refractivity contribution is 5.89. The summed E-state index contributed by atoms with van der Waals surface area (Å²) in [5.41, 5.74) is 2.79. The topological polar surface area (TPSA) is 196 Å². The summed E-state index contributed by atoms with van der Waals surface area (Å²) in [6, 6.07) is 23.9. The number of alkyl carbamates (subject to hydrolysis) is 1. The van der Waals surface area contributed by atoms with Crippen LogP contribution in [0.25, 0.3) is 11.3 Å². The van der Waals surface area contributed by atoms with E-state index in [-0.39, 0.29) is 38.2 Å². The molecule has 4 N–H and O–H groups in total. The molecular weight excluding hydrogens is 803 g/mol. The van der Waals surface area contributed by atoms with Gasteiger partial charge < -0.3 is 35.6 Å². The second kappa shape index (κ2) is 20.7. The van der Waals surface area contributed by atoms with E-state index in [1.807, 2.05) is 114 Å². The first-order valence-corrected chi connectivity index (χ1v) is 21.2. The van der Waals surface area contributed by atoms with Crippen molar-refractivity contribution >= 4 is 29.6 Å². The van der Waals surface area contributed by atoms with Crippen LogP contribution in [0.1, 0.15) is 70.2 Å². The first-order valence-electron chi connectivity index (χ1n) is 21.2. The van der Waals surface area contributed by atoms with Gasteiger partial charge in [-0.3, -0.25) is 24.7 Å². The molecule has 0 saturated carbocycles. The zero-order valence-corrected chi connectivity index (χ0v) is 37.5. The first-order chi connectivity index (χ1) is 29.8. The lowest BCUT2D eigenvalue weighted by Crippen LogP contribution is -2.59. The van der Waals surface area contributed by atoms with E-state index in [9.17, 15) is 34.4 Å². The third-order valence-electron chi connectivity index (χ3n) is 11.3. The van der Waals surface area contributed by atoms with Crippen molar-refractivity contribution in [1.29, 1.82) is 0 Å². The zero-order chi connectivity index (χ0) is 46.1. The Kier molecular flexibility index (Phi) is 15.7. The number of nitrogens with one attached hydrogen (secondary N) is 3. The van der Waals surface area contributed by atoms with Gasteiger partial charge in [-0.05, 0) is 60.3 Å². The summed E-state index contributed by atoms with van der Waals surface area (Å²) in [7, 11) is 1.22. The number of aliphatic hydroxyl groups is 1. The van der Waals surface area contributed by atoms with Gasteiger partial charge >= 0.3 is 12.1 Å². The van der Waals surface area contributed by atoms with Crippen LogP contribution in [-0.4, -0.2) is 99.2 Å². The molecule has 0 aliphatic carbocycles. The lowest BCUT2D eigenvalue weighted by Gasteiger charge is -2.38. The van der Waals surface area contributed by atoms with Gasteiger partial charge in [0.2, 0.25) is 11.8 Å². The second-order valence-corrected chi connectivity index (χ2v) is 18.4. The largest absolute Gasteiger partial charge is 0.453 e. The zero-order valence-electron chi connectivity index (χ0n) is 37.5. The molecular formula is C48H61N7O8. The van der Waals surface area contributed by atoms with Gasteiger partial charge in [-0.15, -0.1) is 0 Å². The molecule has 336 valence electrons. The summed E-state index contributed by atoms with van der Waals surface area (Å²) in [5.74, 6) is -0.945. The molecule has 1 aliphatic rings. The molecule has 1 fully saturated rings. The number of benzene rings is 3. The van der Waals surface area contributed by atoms with Gasteiger partial charge in [0.25, 0.3) is 5.69 Å². The number of urea groups is 1. The average Bonchev–Trinajstić information content (AvgIpc) is 3.57. The third-order valence-corrected chi connectivity index (χ3v) is 11.3. The Morgan fingerprint density at radius 2 is 1.49 bits per heavy atom. The Balaban J connectivity index is 1.43. The first kappa shape index (κ1) is 47.7. The molecule has 15 nitrogen and oxygen atoms in total. The van der Waals surface area contributed by atoms with E-state index in [1.54, 1.807) is 31.3 Å². The van der Waals surface area contributed by atoms with Crippen LogP contribution in [0.4, 0.5) is 15.3 Å². The van der Waals surface area contributed by atoms with Crippen molar-refractivity contribution in [3.8, 4) is 11.3 Å². The number of aryl methyl sites for hydroxylation is 1. The Hall–Kier alpha value is -6.35. The molecule has 1 saturated heterocycles. The van der Waals surface area contributed by atoms with Crippen LogP contribution in [0.2, 0.25) is 0 Å². The smallest absolute Gasteiger partial charge is 0.407 e. The highest BCUT2D eigenvalue weighted by Gasteiger charge is 2.45. The van der Waals surface area contributed by atoms with Gasteiger partial charge in [0.1, 0.15) is 12.1 Å². The van der Waals surface area contributed by atoms with E-state index in [4.69, 9.17) is 4.74 Å². The summed E-state index contributed by atoms with van der Waals surface area (Å²) in [5, 5.41) is 33.1. The average molecular weight is 864 g/mol. The van der Waals surface area contributed by atoms with E-state index < -0.39 is 70.0 Å². The number of aromatic nitrogens is 1. The van der Waals surface area contributed by atoms with Crippen molar-refractivity contribution in [3.63, 3.8) is 0 Å². The fourth-order valence-electron chi connectivity index (χ4n) is 8.13. The molecule has 0 unspecified atom stereocenters. The number of nitro benzene ring substituents is 1. The molecule has 2 heterocycles. The molecule has 0 spiro atoms. The predicted molar refractivity (Wildman–Crippen MR) is 240 cm³/mol. The number of hydrogen-bond donors (Lipinski definition) is 4. The molecule has 5 atom stereocenters. The standard InChI is InChI=1S/C48H61N7O8/c1-31-15-14-18-35(40(31)55(61)62)30-53-25-26-54(46(53)60)42(48(5,6)7)44(58)51-38(28-32-16-10-9-11-17-32)39(56)29-36(50-43(57)41(47(2,3)4)52-45(59)63-8)27-33-20-22-34(23-21-33)37-19-12-13-24-49-37/h9-24,36,38-39,41-42,56H,25-30H2,1-8H3,(H,50,57)(H,51,58)(H,52,59)/t36-,38-,39-,41+,42+/m0/s1. The maximum atomic E-state index is 14.7. The number of carbonyl (C=O) groups is 4. The number of rotatable bonds is 17. The number of methoxy groups -OCH3 is 1. The molecule has 0 radical (unpaired) electrons. The van der Waals surface area contributed by atoms with Crippen LogP contribution in [0, 0.1) is 27.9 Å². The number of aliphatic hydroxyl groups excluding tert-OH is 1. The summed E-state index contributed by atoms with van der Waals surface area (Å²) in [6.07, 6.45) is 0.290. The highest BCUT2D eigenvalue weighted by Crippen LogP contribution is 2.31. The summed E-state index contributed by atoms with van der Waals surface area (Å²) in [6.45, 7) is 13.2. The minimum absolute atomic E-state index is 0.00531. The van der Waals surface area contributed by atoms with E-state index in [0.29, 0.717) is 17.5 Å². The van der Waals surface area contributed by atoms with Gasteiger partial charge in [-0.2, -0.15) is 0 Å². The molecule has 3 aromatic carbocycles. The van der Waals surface area contributed by atoms with Crippen LogP contribution >= 0.6 is 0 Å². The fraction of sp³-hybridized carbons (Fsp3) is 0.438. The second-order valence-electron chi connectivity index (χ2n) is 18.4. The molecule has 5 amide bonds. The van der Waals surface area contributed by atoms with E-state index >= 15 is 0 Å². The normalized spacial score (nSPS) is 15.5. The van der Waals surface area contributed by atoms with Gasteiger partial charge in [0.05, 0.1) is 36.4 Å². The molecule has 15 heteroatoms. The van der Waals surface area contributed by atoms with Crippen LogP contribution < -0.4 is 16.0 Å². The Morgan fingerprint density at radius 1 is 0.825 bits per heavy atom. The van der Waals surface area contributed by atoms with Crippen LogP contribution in [0.5, 0.6) is 0 Å². The van der Waals surface area contributed by atoms with Crippen molar-refractivity contribution in [2.75, 3.05) is 20.2 Å². The van der Waals surface area contributed by atoms with Gasteiger partial charge in [-0.1, -0.05) is 120 Å². The van der Waals surface area contributed by atoms with E-state index in [2.05, 4.69) is 20.9 Å². The van der Waals surface area contributed by atoms with Crippen LogP contribution in [0.3, 0.4) is 0 Å². The van der Waals surface area contributed by atoms with Crippen molar-refractivity contribution in [3.05, 3.63) is 130 Å². The number of amides is 5. The number of ether oxygens (including phenoxy) is 1. The molecule has 1 aromatic heterocycles. The number of nitro groups is 1. The number of para-hydroxylation sites is 1. The van der Waals surface area contributed by atoms with Crippen molar-refractivity contribution in [2.24, 2.45) is 10.8 Å². The number of nitrogens with zero attached hydrogens (tertiary/aromatic N) is 4. The predicted octanol–water partition coefficient (Wildman–Crippen LogP) is 6.59. The fourth-order valence-corrected chi connectivity index (χ4v) is 8.13. The van der Waals surface area contributed by atoms with Gasteiger partial charge in [0, 0.05) is 42.0 Å². The number of carbonyl (C=O) groups excluding carboxylic acids is 4. The summed E-state index contributed by atoms with van der Waals surface area (Å²) < 4.78 is 4.83. The Bertz CT molecular complexity index is 2210.